The van der Waals surface area contributed by atoms with Crippen LogP contribution in [0.5, 0.6) is 5.75 Å². The molecule has 0 amide bonds. The highest BCUT2D eigenvalue weighted by Crippen LogP contribution is 2.27. The summed E-state index contributed by atoms with van der Waals surface area (Å²) in [5.74, 6) is 2.82. The van der Waals surface area contributed by atoms with Gasteiger partial charge in [-0.1, -0.05) is 37.2 Å². The Kier molecular flexibility index (Phi) is 6.15. The minimum absolute atomic E-state index is 0.358. The van der Waals surface area contributed by atoms with Gasteiger partial charge in [-0.3, -0.25) is 4.99 Å². The summed E-state index contributed by atoms with van der Waals surface area (Å²) in [5, 5.41) is 10.7. The van der Waals surface area contributed by atoms with Crippen molar-refractivity contribution in [2.24, 2.45) is 4.99 Å². The van der Waals surface area contributed by atoms with Gasteiger partial charge in [0.05, 0.1) is 18.3 Å². The Hall–Kier alpha value is -2.50. The number of aromatic nitrogens is 1. The van der Waals surface area contributed by atoms with E-state index in [-0.39, 0.29) is 0 Å². The van der Waals surface area contributed by atoms with Gasteiger partial charge in [-0.2, -0.15) is 0 Å². The third-order valence-corrected chi connectivity index (χ3v) is 4.59. The molecule has 6 nitrogen and oxygen atoms in total. The van der Waals surface area contributed by atoms with E-state index in [4.69, 9.17) is 9.26 Å². The number of rotatable bonds is 7. The lowest BCUT2D eigenvalue weighted by atomic mass is 9.96. The zero-order valence-corrected chi connectivity index (χ0v) is 15.8. The summed E-state index contributed by atoms with van der Waals surface area (Å²) in [6.45, 7) is 5.38. The monoisotopic (exact) mass is 356 g/mol. The number of nitrogens with zero attached hydrogens (tertiary/aromatic N) is 2. The summed E-state index contributed by atoms with van der Waals surface area (Å²) < 4.78 is 11.4. The van der Waals surface area contributed by atoms with Crippen molar-refractivity contribution >= 4 is 5.96 Å². The fourth-order valence-electron chi connectivity index (χ4n) is 2.69. The molecule has 140 valence electrons. The largest absolute Gasteiger partial charge is 0.490 e. The summed E-state index contributed by atoms with van der Waals surface area (Å²) >= 11 is 0. The molecule has 1 aromatic carbocycles. The van der Waals surface area contributed by atoms with Crippen LogP contribution in [0.25, 0.3) is 0 Å². The molecule has 1 saturated carbocycles. The second-order valence-corrected chi connectivity index (χ2v) is 6.93. The lowest BCUT2D eigenvalue weighted by Gasteiger charge is -2.27. The Labute approximate surface area is 155 Å². The van der Waals surface area contributed by atoms with Crippen LogP contribution in [0.3, 0.4) is 0 Å². The van der Waals surface area contributed by atoms with E-state index in [1.165, 1.54) is 6.42 Å². The predicted molar refractivity (Wildman–Crippen MR) is 102 cm³/mol. The number of hydrogen-bond donors (Lipinski definition) is 2. The zero-order valence-electron chi connectivity index (χ0n) is 15.8. The molecular weight excluding hydrogens is 328 g/mol. The number of ether oxygens (including phenoxy) is 1. The van der Waals surface area contributed by atoms with Crippen molar-refractivity contribution in [2.45, 2.75) is 58.2 Å². The Bertz CT molecular complexity index is 735. The molecule has 0 atom stereocenters. The first kappa shape index (κ1) is 18.3. The van der Waals surface area contributed by atoms with Crippen molar-refractivity contribution in [3.63, 3.8) is 0 Å². The molecule has 3 rings (SSSR count). The summed E-state index contributed by atoms with van der Waals surface area (Å²) in [6.07, 6.45) is 3.94. The number of aliphatic imine (C=N–C) groups is 1. The molecule has 1 aliphatic rings. The van der Waals surface area contributed by atoms with Gasteiger partial charge < -0.3 is 19.9 Å². The summed E-state index contributed by atoms with van der Waals surface area (Å²) in [5.41, 5.74) is 2.09. The minimum atomic E-state index is 0.358. The Morgan fingerprint density at radius 3 is 2.69 bits per heavy atom. The summed E-state index contributed by atoms with van der Waals surface area (Å²) in [4.78, 5) is 4.27. The number of para-hydroxylation sites is 1. The lowest BCUT2D eigenvalue weighted by molar-refractivity contribution is 0.119. The Balaban J connectivity index is 1.52. The minimum Gasteiger partial charge on any atom is -0.490 e. The fourth-order valence-corrected chi connectivity index (χ4v) is 2.69. The van der Waals surface area contributed by atoms with Crippen LogP contribution in [0, 0.1) is 0 Å². The first-order valence-electron chi connectivity index (χ1n) is 9.30. The average Bonchev–Trinajstić information content (AvgIpc) is 3.08. The van der Waals surface area contributed by atoms with E-state index < -0.39 is 0 Å². The molecule has 26 heavy (non-hydrogen) atoms. The molecule has 1 fully saturated rings. The van der Waals surface area contributed by atoms with Crippen molar-refractivity contribution < 1.29 is 9.26 Å². The molecule has 1 aromatic heterocycles. The molecule has 2 N–H and O–H groups in total. The maximum atomic E-state index is 6.08. The maximum Gasteiger partial charge on any atom is 0.191 e. The van der Waals surface area contributed by atoms with Gasteiger partial charge in [0.25, 0.3) is 0 Å². The topological polar surface area (TPSA) is 71.7 Å². The van der Waals surface area contributed by atoms with Crippen molar-refractivity contribution in [3.05, 3.63) is 47.3 Å². The third-order valence-electron chi connectivity index (χ3n) is 4.59. The highest BCUT2D eigenvalue weighted by molar-refractivity contribution is 5.79. The van der Waals surface area contributed by atoms with Crippen molar-refractivity contribution in [2.75, 3.05) is 7.05 Å². The highest BCUT2D eigenvalue weighted by Gasteiger charge is 2.20. The van der Waals surface area contributed by atoms with E-state index in [1.54, 1.807) is 7.05 Å². The number of benzene rings is 1. The van der Waals surface area contributed by atoms with Gasteiger partial charge >= 0.3 is 0 Å². The van der Waals surface area contributed by atoms with E-state index in [2.05, 4.69) is 40.7 Å². The van der Waals surface area contributed by atoms with Crippen molar-refractivity contribution in [3.8, 4) is 5.75 Å². The Morgan fingerprint density at radius 1 is 1.27 bits per heavy atom. The molecule has 2 aromatic rings. The molecule has 6 heteroatoms. The van der Waals surface area contributed by atoms with Crippen LogP contribution >= 0.6 is 0 Å². The van der Waals surface area contributed by atoms with E-state index in [0.717, 1.165) is 35.6 Å². The predicted octanol–water partition coefficient (Wildman–Crippen LogP) is 3.59. The molecule has 0 saturated heterocycles. The third kappa shape index (κ3) is 4.77. The van der Waals surface area contributed by atoms with Gasteiger partial charge in [-0.15, -0.1) is 0 Å². The molecule has 1 aliphatic carbocycles. The number of hydrogen-bond acceptors (Lipinski definition) is 4. The molecule has 1 heterocycles. The number of nitrogens with one attached hydrogen (secondary N) is 2. The van der Waals surface area contributed by atoms with E-state index in [9.17, 15) is 0 Å². The van der Waals surface area contributed by atoms with Crippen LogP contribution in [-0.2, 0) is 13.1 Å². The summed E-state index contributed by atoms with van der Waals surface area (Å²) in [7, 11) is 1.76. The molecule has 0 radical (unpaired) electrons. The van der Waals surface area contributed by atoms with Crippen molar-refractivity contribution in [1.82, 2.24) is 15.8 Å². The van der Waals surface area contributed by atoms with E-state index >= 15 is 0 Å². The number of guanidine groups is 1. The molecule has 0 unspecified atom stereocenters. The van der Waals surface area contributed by atoms with Crippen LogP contribution in [0.2, 0.25) is 0 Å². The Morgan fingerprint density at radius 2 is 2.04 bits per heavy atom. The first-order chi connectivity index (χ1) is 12.7. The SMILES string of the molecule is CN=C(NCc1cc(C(C)C)no1)NCc1ccccc1OC1CCC1. The van der Waals surface area contributed by atoms with Crippen LogP contribution in [-0.4, -0.2) is 24.3 Å². The smallest absolute Gasteiger partial charge is 0.191 e. The van der Waals surface area contributed by atoms with Crippen LogP contribution in [0.4, 0.5) is 0 Å². The van der Waals surface area contributed by atoms with E-state index in [1.807, 2.05) is 24.3 Å². The van der Waals surface area contributed by atoms with E-state index in [0.29, 0.717) is 31.1 Å². The molecular formula is C20H28N4O2. The lowest BCUT2D eigenvalue weighted by Crippen LogP contribution is -2.36. The fraction of sp³-hybridized carbons (Fsp3) is 0.500. The molecule has 0 spiro atoms. The summed E-state index contributed by atoms with van der Waals surface area (Å²) in [6, 6.07) is 10.1. The van der Waals surface area contributed by atoms with Gasteiger partial charge in [0.15, 0.2) is 11.7 Å². The van der Waals surface area contributed by atoms with Crippen LogP contribution in [0.1, 0.15) is 56.0 Å². The second kappa shape index (κ2) is 8.74. The van der Waals surface area contributed by atoms with Crippen LogP contribution in [0.15, 0.2) is 39.8 Å². The van der Waals surface area contributed by atoms with Gasteiger partial charge in [-0.25, -0.2) is 0 Å². The normalized spacial score (nSPS) is 15.0. The highest BCUT2D eigenvalue weighted by atomic mass is 16.5. The first-order valence-corrected chi connectivity index (χ1v) is 9.30. The second-order valence-electron chi connectivity index (χ2n) is 6.93. The van der Waals surface area contributed by atoms with Gasteiger partial charge in [0, 0.05) is 25.2 Å². The van der Waals surface area contributed by atoms with Gasteiger partial charge in [0.1, 0.15) is 5.75 Å². The standard InChI is InChI=1S/C20H28N4O2/c1-14(2)18-11-17(26-24-18)13-23-20(21-3)22-12-15-7-4-5-10-19(15)25-16-8-6-9-16/h4-5,7,10-11,14,16H,6,8-9,12-13H2,1-3H3,(H2,21,22,23). The molecule has 0 bridgehead atoms. The van der Waals surface area contributed by atoms with Crippen molar-refractivity contribution in [1.29, 1.82) is 0 Å². The average molecular weight is 356 g/mol. The van der Waals surface area contributed by atoms with Gasteiger partial charge in [-0.05, 0) is 31.2 Å². The zero-order chi connectivity index (χ0) is 18.4. The maximum absolute atomic E-state index is 6.08. The van der Waals surface area contributed by atoms with Crippen LogP contribution < -0.4 is 15.4 Å². The quantitative estimate of drug-likeness (QED) is 0.586. The molecule has 0 aliphatic heterocycles. The van der Waals surface area contributed by atoms with Gasteiger partial charge in [0.2, 0.25) is 0 Å².